The van der Waals surface area contributed by atoms with Crippen LogP contribution in [0.1, 0.15) is 27.7 Å². The second-order valence-electron chi connectivity index (χ2n) is 5.05. The van der Waals surface area contributed by atoms with E-state index in [-0.39, 0.29) is 13.2 Å². The molecule has 2 atom stereocenters. The average molecular weight is 217 g/mol. The molecule has 0 bridgehead atoms. The van der Waals surface area contributed by atoms with Gasteiger partial charge in [0, 0.05) is 0 Å². The molecular weight excluding hydrogens is 198 g/mol. The van der Waals surface area contributed by atoms with Crippen LogP contribution in [0, 0.1) is 0 Å². The zero-order chi connectivity index (χ0) is 11.9. The predicted molar refractivity (Wildman–Crippen MR) is 54.4 cm³/mol. The SMILES string of the molecule is CC1N(C(=O)OC(C)(C)C)CC1(O)CO. The van der Waals surface area contributed by atoms with Crippen LogP contribution >= 0.6 is 0 Å². The standard InChI is InChI=1S/C10H19NO4/c1-7-10(14,6-12)5-11(7)8(13)15-9(2,3)4/h7,12,14H,5-6H2,1-4H3. The van der Waals surface area contributed by atoms with E-state index >= 15 is 0 Å². The highest BCUT2D eigenvalue weighted by atomic mass is 16.6. The van der Waals surface area contributed by atoms with Crippen molar-refractivity contribution in [3.05, 3.63) is 0 Å². The molecule has 0 aromatic carbocycles. The van der Waals surface area contributed by atoms with Gasteiger partial charge in [-0.3, -0.25) is 4.90 Å². The van der Waals surface area contributed by atoms with Crippen LogP contribution in [-0.2, 0) is 4.74 Å². The van der Waals surface area contributed by atoms with Gasteiger partial charge in [-0.25, -0.2) is 4.79 Å². The molecule has 1 saturated heterocycles. The first-order chi connectivity index (χ1) is 6.69. The molecule has 15 heavy (non-hydrogen) atoms. The number of hydrogen-bond donors (Lipinski definition) is 2. The number of rotatable bonds is 1. The van der Waals surface area contributed by atoms with Crippen LogP contribution in [0.5, 0.6) is 0 Å². The first-order valence-electron chi connectivity index (χ1n) is 5.02. The second-order valence-corrected chi connectivity index (χ2v) is 5.05. The summed E-state index contributed by atoms with van der Waals surface area (Å²) >= 11 is 0. The summed E-state index contributed by atoms with van der Waals surface area (Å²) in [4.78, 5) is 13.0. The first-order valence-corrected chi connectivity index (χ1v) is 5.02. The molecule has 0 radical (unpaired) electrons. The van der Waals surface area contributed by atoms with Crippen molar-refractivity contribution in [3.8, 4) is 0 Å². The molecule has 1 heterocycles. The van der Waals surface area contributed by atoms with E-state index in [1.165, 1.54) is 4.90 Å². The topological polar surface area (TPSA) is 70.0 Å². The maximum atomic E-state index is 11.6. The molecule has 88 valence electrons. The smallest absolute Gasteiger partial charge is 0.410 e. The van der Waals surface area contributed by atoms with Crippen molar-refractivity contribution < 1.29 is 19.7 Å². The summed E-state index contributed by atoms with van der Waals surface area (Å²) in [5.74, 6) is 0. The minimum Gasteiger partial charge on any atom is -0.444 e. The van der Waals surface area contributed by atoms with E-state index in [1.807, 2.05) is 0 Å². The third kappa shape index (κ3) is 2.41. The van der Waals surface area contributed by atoms with Gasteiger partial charge >= 0.3 is 6.09 Å². The number of aliphatic hydroxyl groups excluding tert-OH is 1. The van der Waals surface area contributed by atoms with Crippen molar-refractivity contribution in [1.82, 2.24) is 4.90 Å². The Morgan fingerprint density at radius 1 is 1.60 bits per heavy atom. The lowest BCUT2D eigenvalue weighted by atomic mass is 9.86. The van der Waals surface area contributed by atoms with Gasteiger partial charge in [0.05, 0.1) is 19.2 Å². The van der Waals surface area contributed by atoms with Gasteiger partial charge in [0.15, 0.2) is 0 Å². The maximum absolute atomic E-state index is 11.6. The Kier molecular flexibility index (Phi) is 2.98. The maximum Gasteiger partial charge on any atom is 0.410 e. The Bertz CT molecular complexity index is 261. The lowest BCUT2D eigenvalue weighted by Crippen LogP contribution is -2.71. The molecule has 5 nitrogen and oxygen atoms in total. The fourth-order valence-corrected chi connectivity index (χ4v) is 1.47. The number of β-amino-alcohol motifs (C(OH)–C–C–N with tert-alkyl or cyclic N) is 1. The van der Waals surface area contributed by atoms with Crippen molar-refractivity contribution in [2.45, 2.75) is 44.9 Å². The lowest BCUT2D eigenvalue weighted by molar-refractivity contribution is -0.160. The number of nitrogens with zero attached hydrogens (tertiary/aromatic N) is 1. The monoisotopic (exact) mass is 217 g/mol. The van der Waals surface area contributed by atoms with Crippen molar-refractivity contribution in [2.75, 3.05) is 13.2 Å². The van der Waals surface area contributed by atoms with Crippen LogP contribution in [0.15, 0.2) is 0 Å². The number of amides is 1. The molecule has 1 amide bonds. The molecule has 1 aliphatic heterocycles. The zero-order valence-electron chi connectivity index (χ0n) is 9.65. The molecular formula is C10H19NO4. The fraction of sp³-hybridized carbons (Fsp3) is 0.900. The number of ether oxygens (including phenoxy) is 1. The number of carbonyl (C=O) groups excluding carboxylic acids is 1. The Morgan fingerprint density at radius 3 is 2.47 bits per heavy atom. The van der Waals surface area contributed by atoms with Crippen LogP contribution in [-0.4, -0.2) is 51.6 Å². The van der Waals surface area contributed by atoms with Gasteiger partial charge in [-0.15, -0.1) is 0 Å². The molecule has 5 heteroatoms. The molecule has 0 spiro atoms. The second kappa shape index (κ2) is 3.64. The van der Waals surface area contributed by atoms with E-state index in [4.69, 9.17) is 9.84 Å². The van der Waals surface area contributed by atoms with E-state index in [0.717, 1.165) is 0 Å². The highest BCUT2D eigenvalue weighted by Crippen LogP contribution is 2.30. The van der Waals surface area contributed by atoms with Crippen LogP contribution in [0.2, 0.25) is 0 Å². The minimum atomic E-state index is -1.17. The van der Waals surface area contributed by atoms with Crippen molar-refractivity contribution in [3.63, 3.8) is 0 Å². The van der Waals surface area contributed by atoms with Crippen LogP contribution in [0.4, 0.5) is 4.79 Å². The Hall–Kier alpha value is -0.810. The summed E-state index contributed by atoms with van der Waals surface area (Å²) in [7, 11) is 0. The van der Waals surface area contributed by atoms with Gasteiger partial charge < -0.3 is 14.9 Å². The molecule has 1 fully saturated rings. The Labute approximate surface area is 89.6 Å². The molecule has 0 aromatic heterocycles. The zero-order valence-corrected chi connectivity index (χ0v) is 9.65. The molecule has 0 aromatic rings. The van der Waals surface area contributed by atoms with E-state index in [1.54, 1.807) is 27.7 Å². The van der Waals surface area contributed by atoms with Crippen molar-refractivity contribution in [2.24, 2.45) is 0 Å². The predicted octanol–water partition coefficient (Wildman–Crippen LogP) is 0.349. The van der Waals surface area contributed by atoms with Crippen LogP contribution < -0.4 is 0 Å². The summed E-state index contributed by atoms with van der Waals surface area (Å²) < 4.78 is 5.14. The third-order valence-corrected chi connectivity index (χ3v) is 2.59. The van der Waals surface area contributed by atoms with Gasteiger partial charge in [-0.1, -0.05) is 0 Å². The van der Waals surface area contributed by atoms with Crippen LogP contribution in [0.25, 0.3) is 0 Å². The number of aliphatic hydroxyl groups is 2. The fourth-order valence-electron chi connectivity index (χ4n) is 1.47. The summed E-state index contributed by atoms with van der Waals surface area (Å²) in [5.41, 5.74) is -1.71. The Balaban J connectivity index is 2.53. The summed E-state index contributed by atoms with van der Waals surface area (Å²) in [6.45, 7) is 6.82. The molecule has 0 saturated carbocycles. The number of hydrogen-bond acceptors (Lipinski definition) is 4. The third-order valence-electron chi connectivity index (χ3n) is 2.59. The normalized spacial score (nSPS) is 31.1. The van der Waals surface area contributed by atoms with E-state index in [9.17, 15) is 9.90 Å². The van der Waals surface area contributed by atoms with Gasteiger partial charge in [-0.2, -0.15) is 0 Å². The lowest BCUT2D eigenvalue weighted by Gasteiger charge is -2.51. The molecule has 2 N–H and O–H groups in total. The largest absolute Gasteiger partial charge is 0.444 e. The van der Waals surface area contributed by atoms with E-state index in [2.05, 4.69) is 0 Å². The summed E-state index contributed by atoms with van der Waals surface area (Å²) in [5, 5.41) is 18.6. The quantitative estimate of drug-likeness (QED) is 0.665. The minimum absolute atomic E-state index is 0.125. The van der Waals surface area contributed by atoms with Crippen molar-refractivity contribution >= 4 is 6.09 Å². The molecule has 0 aliphatic carbocycles. The highest BCUT2D eigenvalue weighted by Gasteiger charge is 2.51. The van der Waals surface area contributed by atoms with Gasteiger partial charge in [0.2, 0.25) is 0 Å². The van der Waals surface area contributed by atoms with Crippen molar-refractivity contribution in [1.29, 1.82) is 0 Å². The van der Waals surface area contributed by atoms with E-state index in [0.29, 0.717) is 0 Å². The number of likely N-dealkylation sites (tertiary alicyclic amines) is 1. The van der Waals surface area contributed by atoms with E-state index < -0.39 is 23.3 Å². The summed E-state index contributed by atoms with van der Waals surface area (Å²) in [6, 6.07) is -0.405. The van der Waals surface area contributed by atoms with Crippen LogP contribution in [0.3, 0.4) is 0 Å². The molecule has 1 aliphatic rings. The molecule has 1 rings (SSSR count). The van der Waals surface area contributed by atoms with Gasteiger partial charge in [0.1, 0.15) is 11.2 Å². The first kappa shape index (κ1) is 12.3. The number of carbonyl (C=O) groups is 1. The van der Waals surface area contributed by atoms with Gasteiger partial charge in [-0.05, 0) is 27.7 Å². The Morgan fingerprint density at radius 2 is 2.13 bits per heavy atom. The highest BCUT2D eigenvalue weighted by molar-refractivity contribution is 5.70. The molecule has 2 unspecified atom stereocenters. The average Bonchev–Trinajstić information content (AvgIpc) is 2.10. The van der Waals surface area contributed by atoms with Gasteiger partial charge in [0.25, 0.3) is 0 Å². The summed E-state index contributed by atoms with van der Waals surface area (Å²) in [6.07, 6.45) is -0.451.